The summed E-state index contributed by atoms with van der Waals surface area (Å²) >= 11 is 0. The van der Waals surface area contributed by atoms with E-state index in [1.54, 1.807) is 18.2 Å². The molecule has 0 aromatic heterocycles. The highest BCUT2D eigenvalue weighted by molar-refractivity contribution is 6.06. The van der Waals surface area contributed by atoms with Gasteiger partial charge in [-0.2, -0.15) is 0 Å². The second-order valence-electron chi connectivity index (χ2n) is 3.59. The van der Waals surface area contributed by atoms with E-state index in [0.29, 0.717) is 5.56 Å². The molecule has 2 heteroatoms. The van der Waals surface area contributed by atoms with Gasteiger partial charge in [-0.1, -0.05) is 42.5 Å². The van der Waals surface area contributed by atoms with Crippen LogP contribution in [-0.2, 0) is 0 Å². The first kappa shape index (κ1) is 10.4. The molecule has 0 saturated heterocycles. The lowest BCUT2D eigenvalue weighted by molar-refractivity contribution is 0.104. The normalized spacial score (nSPS) is 15.0. The first-order valence-corrected chi connectivity index (χ1v) is 5.13. The smallest absolute Gasteiger partial charge is 0.189 e. The summed E-state index contributed by atoms with van der Waals surface area (Å²) in [5.41, 5.74) is 0.338. The molecule has 0 spiro atoms. The van der Waals surface area contributed by atoms with Crippen LogP contribution < -0.4 is 0 Å². The van der Waals surface area contributed by atoms with Gasteiger partial charge in [-0.3, -0.25) is 4.79 Å². The van der Waals surface area contributed by atoms with E-state index in [-0.39, 0.29) is 17.5 Å². The summed E-state index contributed by atoms with van der Waals surface area (Å²) in [4.78, 5) is 11.7. The van der Waals surface area contributed by atoms with E-state index in [9.17, 15) is 9.90 Å². The third-order valence-electron chi connectivity index (χ3n) is 2.42. The number of allylic oxidation sites excluding steroid dienone is 6. The second-order valence-corrected chi connectivity index (χ2v) is 3.59. The van der Waals surface area contributed by atoms with E-state index in [1.165, 1.54) is 12.1 Å². The quantitative estimate of drug-likeness (QED) is 0.618. The molecular weight excluding hydrogens is 200 g/mol. The highest BCUT2D eigenvalue weighted by atomic mass is 16.3. The number of para-hydroxylation sites is 1. The Morgan fingerprint density at radius 3 is 2.56 bits per heavy atom. The van der Waals surface area contributed by atoms with Gasteiger partial charge in [0.15, 0.2) is 5.78 Å². The summed E-state index contributed by atoms with van der Waals surface area (Å²) in [6, 6.07) is 6.55. The van der Waals surface area contributed by atoms with Crippen molar-refractivity contribution in [1.82, 2.24) is 0 Å². The van der Waals surface area contributed by atoms with Gasteiger partial charge in [0.1, 0.15) is 5.75 Å². The number of carbonyl (C=O) groups excluding carboxylic acids is 1. The Kier molecular flexibility index (Phi) is 3.01. The molecule has 1 aliphatic carbocycles. The van der Waals surface area contributed by atoms with Crippen LogP contribution in [0.3, 0.4) is 0 Å². The molecule has 0 atom stereocenters. The summed E-state index contributed by atoms with van der Waals surface area (Å²) in [7, 11) is 0. The van der Waals surface area contributed by atoms with Crippen LogP contribution in [-0.4, -0.2) is 10.9 Å². The number of carbonyl (C=O) groups is 1. The highest BCUT2D eigenvalue weighted by Gasteiger charge is 2.07. The second kappa shape index (κ2) is 4.62. The van der Waals surface area contributed by atoms with Crippen molar-refractivity contribution in [2.24, 2.45) is 5.92 Å². The minimum Gasteiger partial charge on any atom is -0.507 e. The average molecular weight is 212 g/mol. The zero-order chi connectivity index (χ0) is 11.4. The number of benzene rings is 1. The molecule has 0 amide bonds. The lowest BCUT2D eigenvalue weighted by Gasteiger charge is -1.99. The lowest BCUT2D eigenvalue weighted by atomic mass is 10.1. The largest absolute Gasteiger partial charge is 0.507 e. The fourth-order valence-electron chi connectivity index (χ4n) is 1.55. The summed E-state index contributed by atoms with van der Waals surface area (Å²) in [6.07, 6.45) is 11.2. The van der Waals surface area contributed by atoms with Crippen molar-refractivity contribution in [3.05, 3.63) is 66.3 Å². The lowest BCUT2D eigenvalue weighted by Crippen LogP contribution is -1.95. The molecule has 0 aliphatic heterocycles. The summed E-state index contributed by atoms with van der Waals surface area (Å²) < 4.78 is 0. The van der Waals surface area contributed by atoms with E-state index in [1.807, 2.05) is 30.4 Å². The van der Waals surface area contributed by atoms with Gasteiger partial charge in [-0.15, -0.1) is 0 Å². The zero-order valence-electron chi connectivity index (χ0n) is 8.71. The maximum absolute atomic E-state index is 11.7. The van der Waals surface area contributed by atoms with Crippen molar-refractivity contribution in [2.75, 3.05) is 0 Å². The van der Waals surface area contributed by atoms with Crippen LogP contribution >= 0.6 is 0 Å². The molecule has 2 rings (SSSR count). The van der Waals surface area contributed by atoms with E-state index in [4.69, 9.17) is 0 Å². The topological polar surface area (TPSA) is 37.3 Å². The zero-order valence-corrected chi connectivity index (χ0v) is 8.71. The van der Waals surface area contributed by atoms with Gasteiger partial charge >= 0.3 is 0 Å². The van der Waals surface area contributed by atoms with Crippen molar-refractivity contribution >= 4 is 5.78 Å². The number of phenols is 1. The fraction of sp³-hybridized carbons (Fsp3) is 0.0714. The maximum Gasteiger partial charge on any atom is 0.189 e. The predicted molar refractivity (Wildman–Crippen MR) is 63.3 cm³/mol. The third-order valence-corrected chi connectivity index (χ3v) is 2.42. The Labute approximate surface area is 94.2 Å². The third kappa shape index (κ3) is 2.28. The van der Waals surface area contributed by atoms with Gasteiger partial charge in [0.25, 0.3) is 0 Å². The molecular formula is C14H12O2. The molecule has 0 fully saturated rings. The summed E-state index contributed by atoms with van der Waals surface area (Å²) in [5, 5.41) is 9.49. The van der Waals surface area contributed by atoms with Crippen LogP contribution in [0.1, 0.15) is 10.4 Å². The summed E-state index contributed by atoms with van der Waals surface area (Å²) in [5.74, 6) is 0.0382. The van der Waals surface area contributed by atoms with Crippen LogP contribution in [0, 0.1) is 5.92 Å². The highest BCUT2D eigenvalue weighted by Crippen LogP contribution is 2.17. The van der Waals surface area contributed by atoms with E-state index in [0.717, 1.165) is 0 Å². The first-order valence-electron chi connectivity index (χ1n) is 5.13. The number of ketones is 1. The fourth-order valence-corrected chi connectivity index (χ4v) is 1.55. The molecule has 80 valence electrons. The van der Waals surface area contributed by atoms with Crippen LogP contribution in [0.4, 0.5) is 0 Å². The van der Waals surface area contributed by atoms with Crippen molar-refractivity contribution in [3.8, 4) is 5.75 Å². The van der Waals surface area contributed by atoms with Gasteiger partial charge in [0, 0.05) is 5.92 Å². The Bertz CT molecular complexity index is 469. The molecule has 0 bridgehead atoms. The molecule has 16 heavy (non-hydrogen) atoms. The first-order chi connectivity index (χ1) is 7.77. The van der Waals surface area contributed by atoms with Crippen LogP contribution in [0.5, 0.6) is 5.75 Å². The van der Waals surface area contributed by atoms with Crippen molar-refractivity contribution in [1.29, 1.82) is 0 Å². The molecule has 0 saturated carbocycles. The predicted octanol–water partition coefficient (Wildman–Crippen LogP) is 2.87. The van der Waals surface area contributed by atoms with E-state index < -0.39 is 0 Å². The van der Waals surface area contributed by atoms with Gasteiger partial charge in [-0.05, 0) is 18.2 Å². The molecule has 1 aliphatic rings. The SMILES string of the molecule is O=C(/C=C/C1C=CC=C1)c1ccccc1O. The Morgan fingerprint density at radius 2 is 1.88 bits per heavy atom. The van der Waals surface area contributed by atoms with Crippen molar-refractivity contribution in [2.45, 2.75) is 0 Å². The van der Waals surface area contributed by atoms with Gasteiger partial charge in [-0.25, -0.2) is 0 Å². The number of aromatic hydroxyl groups is 1. The summed E-state index contributed by atoms with van der Waals surface area (Å²) in [6.45, 7) is 0. The number of hydrogen-bond donors (Lipinski definition) is 1. The monoisotopic (exact) mass is 212 g/mol. The van der Waals surface area contributed by atoms with Crippen LogP contribution in [0.15, 0.2) is 60.7 Å². The van der Waals surface area contributed by atoms with Crippen LogP contribution in [0.2, 0.25) is 0 Å². The molecule has 0 unspecified atom stereocenters. The Hall–Kier alpha value is -2.09. The molecule has 0 heterocycles. The van der Waals surface area contributed by atoms with E-state index in [2.05, 4.69) is 0 Å². The maximum atomic E-state index is 11.7. The van der Waals surface area contributed by atoms with Crippen molar-refractivity contribution < 1.29 is 9.90 Å². The minimum atomic E-state index is -0.174. The van der Waals surface area contributed by atoms with E-state index >= 15 is 0 Å². The Balaban J connectivity index is 2.11. The van der Waals surface area contributed by atoms with Crippen molar-refractivity contribution in [3.63, 3.8) is 0 Å². The number of rotatable bonds is 3. The van der Waals surface area contributed by atoms with Gasteiger partial charge in [0.2, 0.25) is 0 Å². The molecule has 1 aromatic rings. The average Bonchev–Trinajstić information content (AvgIpc) is 2.79. The number of hydrogen-bond acceptors (Lipinski definition) is 2. The van der Waals surface area contributed by atoms with Crippen LogP contribution in [0.25, 0.3) is 0 Å². The Morgan fingerprint density at radius 1 is 1.19 bits per heavy atom. The standard InChI is InChI=1S/C14H12O2/c15-13-8-4-3-7-12(13)14(16)10-9-11-5-1-2-6-11/h1-11,15H/b10-9+. The molecule has 2 nitrogen and oxygen atoms in total. The number of phenolic OH excluding ortho intramolecular Hbond substituents is 1. The minimum absolute atomic E-state index is 0.0228. The van der Waals surface area contributed by atoms with Gasteiger partial charge < -0.3 is 5.11 Å². The molecule has 1 aromatic carbocycles. The molecule has 1 N–H and O–H groups in total. The van der Waals surface area contributed by atoms with Gasteiger partial charge in [0.05, 0.1) is 5.56 Å². The molecule has 0 radical (unpaired) electrons.